The third-order valence-electron chi connectivity index (χ3n) is 6.59. The van der Waals surface area contributed by atoms with E-state index in [2.05, 4.69) is 5.32 Å². The Morgan fingerprint density at radius 1 is 0.912 bits per heavy atom. The van der Waals surface area contributed by atoms with Crippen LogP contribution in [-0.4, -0.2) is 24.9 Å². The number of rotatable bonds is 4. The number of carbonyl (C=O) groups excluding carboxylic acids is 3. The number of hydrogen-bond donors (Lipinski definition) is 1. The quantitative estimate of drug-likeness (QED) is 0.426. The van der Waals surface area contributed by atoms with Gasteiger partial charge in [-0.2, -0.15) is 0 Å². The van der Waals surface area contributed by atoms with Crippen molar-refractivity contribution in [2.24, 2.45) is 11.8 Å². The first-order chi connectivity index (χ1) is 16.4. The number of halogens is 2. The van der Waals surface area contributed by atoms with Crippen molar-refractivity contribution in [1.29, 1.82) is 0 Å². The monoisotopic (exact) mass is 494 g/mol. The van der Waals surface area contributed by atoms with Gasteiger partial charge in [0, 0.05) is 16.1 Å². The van der Waals surface area contributed by atoms with Crippen molar-refractivity contribution < 1.29 is 19.1 Å². The van der Waals surface area contributed by atoms with E-state index in [1.165, 1.54) is 7.11 Å². The highest BCUT2D eigenvalue weighted by Gasteiger charge is 2.69. The average molecular weight is 495 g/mol. The van der Waals surface area contributed by atoms with Gasteiger partial charge in [-0.15, -0.1) is 0 Å². The van der Waals surface area contributed by atoms with Gasteiger partial charge < -0.3 is 4.74 Å². The summed E-state index contributed by atoms with van der Waals surface area (Å²) in [5, 5.41) is 4.30. The Hall–Kier alpha value is -3.19. The molecule has 3 aromatic rings. The molecule has 2 aliphatic heterocycles. The smallest absolute Gasteiger partial charge is 0.331 e. The average Bonchev–Trinajstić information content (AvgIpc) is 3.34. The second-order valence-corrected chi connectivity index (χ2v) is 9.21. The molecule has 0 spiro atoms. The van der Waals surface area contributed by atoms with E-state index >= 15 is 0 Å². The number of nitrogens with one attached hydrogen (secondary N) is 1. The van der Waals surface area contributed by atoms with Crippen molar-refractivity contribution in [3.8, 4) is 0 Å². The number of imide groups is 1. The Labute approximate surface area is 206 Å². The van der Waals surface area contributed by atoms with Crippen molar-refractivity contribution in [1.82, 2.24) is 5.32 Å². The van der Waals surface area contributed by atoms with E-state index in [9.17, 15) is 14.4 Å². The first-order valence-corrected chi connectivity index (χ1v) is 11.4. The fourth-order valence-corrected chi connectivity index (χ4v) is 5.50. The Bertz CT molecular complexity index is 1280. The number of fused-ring (bicyclic) bond motifs is 1. The molecule has 0 aromatic heterocycles. The summed E-state index contributed by atoms with van der Waals surface area (Å²) in [6.07, 6.45) is 0. The van der Waals surface area contributed by atoms with Crippen LogP contribution < -0.4 is 10.2 Å². The van der Waals surface area contributed by atoms with E-state index in [1.54, 1.807) is 66.7 Å². The fraction of sp³-hybridized carbons (Fsp3) is 0.192. The maximum atomic E-state index is 13.9. The van der Waals surface area contributed by atoms with Gasteiger partial charge in [-0.25, -0.2) is 9.69 Å². The predicted octanol–water partition coefficient (Wildman–Crippen LogP) is 4.51. The molecule has 1 N–H and O–H groups in total. The highest BCUT2D eigenvalue weighted by atomic mass is 35.5. The SMILES string of the molecule is COC(=O)C1(c2ccccc2)NC(c2cccc(Cl)c2)C2C(=O)N(c3ccc(Cl)cc3)C(=O)C21. The van der Waals surface area contributed by atoms with Crippen LogP contribution in [0, 0.1) is 11.8 Å². The lowest BCUT2D eigenvalue weighted by molar-refractivity contribution is -0.152. The predicted molar refractivity (Wildman–Crippen MR) is 128 cm³/mol. The van der Waals surface area contributed by atoms with Crippen LogP contribution in [0.1, 0.15) is 17.2 Å². The largest absolute Gasteiger partial charge is 0.467 e. The summed E-state index contributed by atoms with van der Waals surface area (Å²) in [6, 6.07) is 21.7. The summed E-state index contributed by atoms with van der Waals surface area (Å²) in [5.41, 5.74) is 0.0657. The van der Waals surface area contributed by atoms with Crippen molar-refractivity contribution in [3.05, 3.63) is 100 Å². The van der Waals surface area contributed by atoms with Crippen LogP contribution in [0.15, 0.2) is 78.9 Å². The van der Waals surface area contributed by atoms with Crippen LogP contribution in [0.5, 0.6) is 0 Å². The minimum atomic E-state index is -1.57. The maximum absolute atomic E-state index is 13.9. The number of nitrogens with zero attached hydrogens (tertiary/aromatic N) is 1. The molecule has 0 bridgehead atoms. The van der Waals surface area contributed by atoms with Crippen LogP contribution in [-0.2, 0) is 24.7 Å². The van der Waals surface area contributed by atoms with Gasteiger partial charge in [0.2, 0.25) is 11.8 Å². The molecule has 0 saturated carbocycles. The summed E-state index contributed by atoms with van der Waals surface area (Å²) < 4.78 is 5.22. The Morgan fingerprint density at radius 2 is 1.62 bits per heavy atom. The summed E-state index contributed by atoms with van der Waals surface area (Å²) >= 11 is 12.3. The van der Waals surface area contributed by atoms with Crippen molar-refractivity contribution in [2.45, 2.75) is 11.6 Å². The highest BCUT2D eigenvalue weighted by Crippen LogP contribution is 2.54. The molecule has 4 unspecified atom stereocenters. The van der Waals surface area contributed by atoms with Crippen LogP contribution in [0.3, 0.4) is 0 Å². The van der Waals surface area contributed by atoms with E-state index in [4.69, 9.17) is 27.9 Å². The summed E-state index contributed by atoms with van der Waals surface area (Å²) in [4.78, 5) is 42.4. The molecule has 4 atom stereocenters. The zero-order valence-corrected chi connectivity index (χ0v) is 19.6. The highest BCUT2D eigenvalue weighted by molar-refractivity contribution is 6.31. The first kappa shape index (κ1) is 22.6. The van der Waals surface area contributed by atoms with Crippen molar-refractivity contribution in [3.63, 3.8) is 0 Å². The number of carbonyl (C=O) groups is 3. The van der Waals surface area contributed by atoms with Crippen molar-refractivity contribution in [2.75, 3.05) is 12.0 Å². The molecule has 6 nitrogen and oxygen atoms in total. The molecule has 0 aliphatic carbocycles. The normalized spacial score (nSPS) is 26.0. The number of ether oxygens (including phenoxy) is 1. The lowest BCUT2D eigenvalue weighted by Gasteiger charge is -2.33. The molecule has 0 radical (unpaired) electrons. The number of esters is 1. The molecule has 2 saturated heterocycles. The van der Waals surface area contributed by atoms with Gasteiger partial charge in [-0.05, 0) is 47.5 Å². The van der Waals surface area contributed by atoms with Gasteiger partial charge in [-0.1, -0.05) is 65.7 Å². The maximum Gasteiger partial charge on any atom is 0.331 e. The number of anilines is 1. The summed E-state index contributed by atoms with van der Waals surface area (Å²) in [6.45, 7) is 0. The fourth-order valence-electron chi connectivity index (χ4n) is 5.17. The number of benzene rings is 3. The first-order valence-electron chi connectivity index (χ1n) is 10.7. The molecule has 2 fully saturated rings. The molecule has 2 aliphatic rings. The molecular weight excluding hydrogens is 475 g/mol. The molecule has 172 valence electrons. The topological polar surface area (TPSA) is 75.7 Å². The molecule has 8 heteroatoms. The lowest BCUT2D eigenvalue weighted by Crippen LogP contribution is -2.53. The molecule has 34 heavy (non-hydrogen) atoms. The molecular formula is C26H20Cl2N2O4. The summed E-state index contributed by atoms with van der Waals surface area (Å²) in [5.74, 6) is -3.42. The Balaban J connectivity index is 1.73. The van der Waals surface area contributed by atoms with E-state index in [0.717, 1.165) is 4.90 Å². The van der Waals surface area contributed by atoms with Gasteiger partial charge in [0.25, 0.3) is 0 Å². The zero-order valence-electron chi connectivity index (χ0n) is 18.1. The van der Waals surface area contributed by atoms with Gasteiger partial charge in [0.15, 0.2) is 5.54 Å². The van der Waals surface area contributed by atoms with E-state index in [1.807, 2.05) is 12.1 Å². The van der Waals surface area contributed by atoms with E-state index in [0.29, 0.717) is 26.9 Å². The second-order valence-electron chi connectivity index (χ2n) is 8.33. The standard InChI is InChI=1S/C26H20Cl2N2O4/c1-34-25(33)26(16-7-3-2-4-8-16)21-20(22(29-26)15-6-5-9-18(28)14-15)23(31)30(24(21)32)19-12-10-17(27)11-13-19/h2-14,20-22,29H,1H3. The van der Waals surface area contributed by atoms with Gasteiger partial charge in [0.05, 0.1) is 24.6 Å². The molecule has 3 aromatic carbocycles. The Kier molecular flexibility index (Phi) is 5.68. The third kappa shape index (κ3) is 3.33. The number of hydrogen-bond acceptors (Lipinski definition) is 5. The summed E-state index contributed by atoms with van der Waals surface area (Å²) in [7, 11) is 1.27. The van der Waals surface area contributed by atoms with Gasteiger partial charge in [0.1, 0.15) is 0 Å². The molecule has 2 amide bonds. The minimum absolute atomic E-state index is 0.394. The van der Waals surface area contributed by atoms with Crippen LogP contribution in [0.25, 0.3) is 0 Å². The van der Waals surface area contributed by atoms with Gasteiger partial charge in [-0.3, -0.25) is 14.9 Å². The van der Waals surface area contributed by atoms with Crippen LogP contribution in [0.2, 0.25) is 10.0 Å². The van der Waals surface area contributed by atoms with Gasteiger partial charge >= 0.3 is 5.97 Å². The third-order valence-corrected chi connectivity index (χ3v) is 7.08. The number of methoxy groups -OCH3 is 1. The lowest BCUT2D eigenvalue weighted by atomic mass is 9.75. The zero-order chi connectivity index (χ0) is 24.0. The van der Waals surface area contributed by atoms with Crippen LogP contribution in [0.4, 0.5) is 5.69 Å². The van der Waals surface area contributed by atoms with Crippen molar-refractivity contribution >= 4 is 46.7 Å². The van der Waals surface area contributed by atoms with Crippen LogP contribution >= 0.6 is 23.2 Å². The second kappa shape index (κ2) is 8.55. The molecule has 5 rings (SSSR count). The van der Waals surface area contributed by atoms with E-state index in [-0.39, 0.29) is 0 Å². The minimum Gasteiger partial charge on any atom is -0.467 e. The Morgan fingerprint density at radius 3 is 2.26 bits per heavy atom. The molecule has 2 heterocycles. The number of amides is 2. The van der Waals surface area contributed by atoms with E-state index < -0.39 is 41.2 Å².